The summed E-state index contributed by atoms with van der Waals surface area (Å²) in [5.41, 5.74) is 8.15. The Morgan fingerprint density at radius 2 is 1.97 bits per heavy atom. The third-order valence-electron chi connectivity index (χ3n) is 5.27. The van der Waals surface area contributed by atoms with Crippen molar-refractivity contribution in [2.24, 2.45) is 0 Å². The molecule has 198 valence electrons. The quantitative estimate of drug-likeness (QED) is 0.181. The van der Waals surface area contributed by atoms with E-state index in [1.807, 2.05) is 28.8 Å². The molecule has 2 atom stereocenters. The first-order valence-electron chi connectivity index (χ1n) is 11.7. The molecule has 1 unspecified atom stereocenters. The lowest BCUT2D eigenvalue weighted by molar-refractivity contribution is -0.0263. The highest BCUT2D eigenvalue weighted by molar-refractivity contribution is 7.47. The molecule has 1 aromatic carbocycles. The van der Waals surface area contributed by atoms with Crippen molar-refractivity contribution in [2.45, 2.75) is 32.4 Å². The summed E-state index contributed by atoms with van der Waals surface area (Å²) in [6.45, 7) is 1.84. The molecule has 3 rings (SSSR count). The van der Waals surface area contributed by atoms with Crippen LogP contribution < -0.4 is 11.1 Å². The Hall–Kier alpha value is -3.29. The minimum Gasteiger partial charge on any atom is -0.382 e. The molecule has 2 aromatic heterocycles. The van der Waals surface area contributed by atoms with Gasteiger partial charge in [0.2, 0.25) is 5.95 Å². The molecule has 0 bridgehead atoms. The molecule has 13 nitrogen and oxygen atoms in total. The first-order chi connectivity index (χ1) is 17.9. The fraction of sp³-hybridized carbons (Fsp3) is 0.478. The maximum Gasteiger partial charge on any atom is 0.472 e. The zero-order valence-electron chi connectivity index (χ0n) is 20.5. The first-order valence-corrected chi connectivity index (χ1v) is 13.2. The average molecular weight is 532 g/mol. The Bertz CT molecular complexity index is 1320. The fourth-order valence-electron chi connectivity index (χ4n) is 3.59. The number of imidazole rings is 1. The summed E-state index contributed by atoms with van der Waals surface area (Å²) in [4.78, 5) is 19.3. The van der Waals surface area contributed by atoms with Crippen molar-refractivity contribution in [3.8, 4) is 12.1 Å². The molecule has 0 saturated carbocycles. The van der Waals surface area contributed by atoms with E-state index in [-0.39, 0.29) is 45.4 Å². The molecule has 0 amide bonds. The van der Waals surface area contributed by atoms with Gasteiger partial charge in [0.05, 0.1) is 49.5 Å². The van der Waals surface area contributed by atoms with Crippen molar-refractivity contribution in [1.82, 2.24) is 14.5 Å². The third-order valence-corrected chi connectivity index (χ3v) is 6.25. The van der Waals surface area contributed by atoms with Gasteiger partial charge < -0.3 is 30.0 Å². The summed E-state index contributed by atoms with van der Waals surface area (Å²) in [7, 11) is -4.47. The minimum absolute atomic E-state index is 0.0917. The van der Waals surface area contributed by atoms with E-state index in [0.29, 0.717) is 23.5 Å². The monoisotopic (exact) mass is 531 g/mol. The smallest absolute Gasteiger partial charge is 0.382 e. The van der Waals surface area contributed by atoms with Crippen LogP contribution in [0.15, 0.2) is 24.3 Å². The van der Waals surface area contributed by atoms with Gasteiger partial charge in [-0.05, 0) is 12.5 Å². The van der Waals surface area contributed by atoms with Crippen LogP contribution in [0.1, 0.15) is 19.8 Å². The summed E-state index contributed by atoms with van der Waals surface area (Å²) in [6.07, 6.45) is 1.10. The molecule has 0 saturated heterocycles. The number of nitrogens with two attached hydrogens (primary N) is 1. The molecule has 0 fully saturated rings. The van der Waals surface area contributed by atoms with Crippen molar-refractivity contribution >= 4 is 41.5 Å². The highest BCUT2D eigenvalue weighted by atomic mass is 31.2. The van der Waals surface area contributed by atoms with Gasteiger partial charge in [0.15, 0.2) is 5.82 Å². The van der Waals surface area contributed by atoms with Gasteiger partial charge in [0, 0.05) is 11.9 Å². The molecule has 2 heterocycles. The zero-order chi connectivity index (χ0) is 26.7. The Morgan fingerprint density at radius 3 is 2.73 bits per heavy atom. The van der Waals surface area contributed by atoms with E-state index in [1.165, 1.54) is 0 Å². The van der Waals surface area contributed by atoms with Crippen molar-refractivity contribution in [2.75, 3.05) is 50.6 Å². The van der Waals surface area contributed by atoms with Crippen LogP contribution in [0.25, 0.3) is 21.9 Å². The number of nitriles is 2. The maximum absolute atomic E-state index is 12.5. The number of nitrogens with one attached hydrogen (secondary N) is 1. The van der Waals surface area contributed by atoms with E-state index in [2.05, 4.69) is 22.2 Å². The second-order valence-corrected chi connectivity index (χ2v) is 9.39. The number of anilines is 2. The van der Waals surface area contributed by atoms with Gasteiger partial charge in [-0.1, -0.05) is 31.5 Å². The second-order valence-electron chi connectivity index (χ2n) is 7.94. The van der Waals surface area contributed by atoms with Gasteiger partial charge in [0.25, 0.3) is 0 Å². The number of ether oxygens (including phenoxy) is 2. The van der Waals surface area contributed by atoms with Crippen LogP contribution in [0, 0.1) is 22.7 Å². The van der Waals surface area contributed by atoms with Crippen molar-refractivity contribution in [1.29, 1.82) is 10.5 Å². The fourth-order valence-corrected chi connectivity index (χ4v) is 4.33. The number of hydrogen-bond acceptors (Lipinski definition) is 11. The van der Waals surface area contributed by atoms with Crippen molar-refractivity contribution in [3.05, 3.63) is 24.3 Å². The highest BCUT2D eigenvalue weighted by Crippen LogP contribution is 2.43. The van der Waals surface area contributed by atoms with Gasteiger partial charge in [-0.2, -0.15) is 10.5 Å². The number of fused-ring (bicyclic) bond motifs is 3. The molecular formula is C23H30N7O6P. The lowest BCUT2D eigenvalue weighted by atomic mass is 10.2. The minimum atomic E-state index is -4.47. The summed E-state index contributed by atoms with van der Waals surface area (Å²) in [5.74, 6) is 0.829. The lowest BCUT2D eigenvalue weighted by Gasteiger charge is -2.18. The van der Waals surface area contributed by atoms with Crippen LogP contribution in [-0.2, 0) is 29.6 Å². The van der Waals surface area contributed by atoms with Crippen LogP contribution in [0.5, 0.6) is 0 Å². The van der Waals surface area contributed by atoms with Gasteiger partial charge in [-0.15, -0.1) is 0 Å². The number of pyridine rings is 1. The number of hydrogen-bond donors (Lipinski definition) is 3. The number of para-hydroxylation sites is 1. The normalized spacial score (nSPS) is 13.7. The van der Waals surface area contributed by atoms with E-state index < -0.39 is 13.9 Å². The van der Waals surface area contributed by atoms with Gasteiger partial charge >= 0.3 is 7.82 Å². The van der Waals surface area contributed by atoms with Crippen molar-refractivity contribution in [3.63, 3.8) is 0 Å². The van der Waals surface area contributed by atoms with Gasteiger partial charge in [0.1, 0.15) is 24.8 Å². The highest BCUT2D eigenvalue weighted by Gasteiger charge is 2.25. The predicted octanol–water partition coefficient (Wildman–Crippen LogP) is 2.96. The van der Waals surface area contributed by atoms with Gasteiger partial charge in [-0.25, -0.2) is 14.5 Å². The number of rotatable bonds is 16. The Balaban J connectivity index is 1.74. The van der Waals surface area contributed by atoms with Gasteiger partial charge in [-0.3, -0.25) is 9.05 Å². The topological polar surface area (TPSA) is 191 Å². The number of aromatic nitrogens is 3. The van der Waals surface area contributed by atoms with Crippen LogP contribution in [-0.4, -0.2) is 65.1 Å². The number of nitrogen functional groups attached to an aromatic ring is 1. The molecule has 0 spiro atoms. The Labute approximate surface area is 214 Å². The molecule has 14 heteroatoms. The van der Waals surface area contributed by atoms with E-state index in [9.17, 15) is 9.46 Å². The molecule has 0 aliphatic rings. The van der Waals surface area contributed by atoms with Crippen LogP contribution >= 0.6 is 7.82 Å². The molecule has 0 aliphatic heterocycles. The lowest BCUT2D eigenvalue weighted by Crippen LogP contribution is -2.26. The zero-order valence-corrected chi connectivity index (χ0v) is 21.4. The largest absolute Gasteiger partial charge is 0.472 e. The summed E-state index contributed by atoms with van der Waals surface area (Å²) in [5, 5.41) is 21.4. The number of benzene rings is 1. The summed E-state index contributed by atoms with van der Waals surface area (Å²) in [6, 6.07) is 11.1. The van der Waals surface area contributed by atoms with E-state index >= 15 is 0 Å². The second kappa shape index (κ2) is 13.9. The molecule has 37 heavy (non-hydrogen) atoms. The van der Waals surface area contributed by atoms with Crippen LogP contribution in [0.2, 0.25) is 0 Å². The van der Waals surface area contributed by atoms with E-state index in [0.717, 1.165) is 23.7 Å². The van der Waals surface area contributed by atoms with E-state index in [1.54, 1.807) is 12.1 Å². The third kappa shape index (κ3) is 7.84. The Kier molecular flexibility index (Phi) is 10.6. The van der Waals surface area contributed by atoms with E-state index in [4.69, 9.17) is 34.8 Å². The van der Waals surface area contributed by atoms with Crippen LogP contribution in [0.3, 0.4) is 0 Å². The number of nitrogens with zero attached hydrogens (tertiary/aromatic N) is 5. The number of phosphoric acid groups is 1. The SMILES string of the molecule is CCCCNc1nc2c(N)nc3ccccc3c2n1CCOP(=O)(O)OC[C@@H](COCC#N)OCC#N. The Morgan fingerprint density at radius 1 is 1.19 bits per heavy atom. The average Bonchev–Trinajstić information content (AvgIpc) is 3.25. The molecule has 0 radical (unpaired) electrons. The van der Waals surface area contributed by atoms with Crippen LogP contribution in [0.4, 0.5) is 11.8 Å². The molecular weight excluding hydrogens is 501 g/mol. The summed E-state index contributed by atoms with van der Waals surface area (Å²) < 4.78 is 34.9. The molecule has 3 aromatic rings. The molecule has 0 aliphatic carbocycles. The predicted molar refractivity (Wildman–Crippen MR) is 136 cm³/mol. The standard InChI is InChI=1S/C23H30N7O6P/c1-2-3-10-27-23-29-20-21(18-6-4-5-7-19(18)28-22(20)26)30(23)11-14-35-37(31,32)36-16-17(34-13-9-25)15-33-12-8-24/h4-7,17H,2-3,10-16H2,1H3,(H2,26,28)(H,27,29)(H,31,32)/t17-/m1/s1. The number of unbranched alkanes of at least 4 members (excludes halogenated alkanes) is 1. The number of phosphoric ester groups is 1. The summed E-state index contributed by atoms with van der Waals surface area (Å²) >= 11 is 0. The molecule has 4 N–H and O–H groups in total. The van der Waals surface area contributed by atoms with Crippen molar-refractivity contribution < 1.29 is 28.0 Å². The first kappa shape index (κ1) is 28.3. The maximum atomic E-state index is 12.5.